The maximum absolute atomic E-state index is 11.9. The average Bonchev–Trinajstić information content (AvgIpc) is 2.28. The number of hydrogen-bond donors (Lipinski definition) is 2. The molecule has 0 saturated carbocycles. The second-order valence-electron chi connectivity index (χ2n) is 4.85. The number of ether oxygens (including phenoxy) is 1. The minimum Gasteiger partial charge on any atom is -0.375 e. The van der Waals surface area contributed by atoms with Gasteiger partial charge in [0.1, 0.15) is 0 Å². The maximum atomic E-state index is 11.9. The van der Waals surface area contributed by atoms with Crippen molar-refractivity contribution in [2.24, 2.45) is 5.92 Å². The van der Waals surface area contributed by atoms with Crippen molar-refractivity contribution < 1.29 is 9.53 Å². The molecule has 2 unspecified atom stereocenters. The van der Waals surface area contributed by atoms with Crippen LogP contribution in [0.4, 0.5) is 0 Å². The van der Waals surface area contributed by atoms with Gasteiger partial charge in [-0.15, -0.1) is 0 Å². The fourth-order valence-corrected chi connectivity index (χ4v) is 2.00. The van der Waals surface area contributed by atoms with Gasteiger partial charge in [0.05, 0.1) is 19.3 Å². The zero-order valence-corrected chi connectivity index (χ0v) is 10.9. The lowest BCUT2D eigenvalue weighted by Crippen LogP contribution is -2.51. The smallest absolute Gasteiger partial charge is 0.237 e. The zero-order valence-electron chi connectivity index (χ0n) is 10.9. The number of carbonyl (C=O) groups is 1. The van der Waals surface area contributed by atoms with E-state index in [9.17, 15) is 4.79 Å². The highest BCUT2D eigenvalue weighted by atomic mass is 16.5. The van der Waals surface area contributed by atoms with E-state index in [2.05, 4.69) is 24.1 Å². The van der Waals surface area contributed by atoms with E-state index in [1.54, 1.807) is 0 Å². The Morgan fingerprint density at radius 3 is 3.00 bits per heavy atom. The van der Waals surface area contributed by atoms with Gasteiger partial charge in [-0.1, -0.05) is 19.1 Å². The Kier molecular flexibility index (Phi) is 6.22. The number of hydrogen-bond acceptors (Lipinski definition) is 3. The topological polar surface area (TPSA) is 50.4 Å². The summed E-state index contributed by atoms with van der Waals surface area (Å²) in [5.41, 5.74) is 0.999. The summed E-state index contributed by atoms with van der Waals surface area (Å²) >= 11 is 0. The van der Waals surface area contributed by atoms with E-state index in [1.807, 2.05) is 6.92 Å². The molecule has 2 N–H and O–H groups in total. The van der Waals surface area contributed by atoms with E-state index >= 15 is 0 Å². The normalized spacial score (nSPS) is 24.4. The lowest BCUT2D eigenvalue weighted by Gasteiger charge is -2.28. The summed E-state index contributed by atoms with van der Waals surface area (Å²) in [5, 5.41) is 6.16. The molecule has 4 nitrogen and oxygen atoms in total. The number of rotatable bonds is 6. The molecule has 0 bridgehead atoms. The first-order chi connectivity index (χ1) is 8.11. The van der Waals surface area contributed by atoms with Crippen molar-refractivity contribution in [1.82, 2.24) is 10.6 Å². The molecular weight excluding hydrogens is 216 g/mol. The van der Waals surface area contributed by atoms with Crippen molar-refractivity contribution >= 4 is 5.91 Å². The van der Waals surface area contributed by atoms with Gasteiger partial charge in [-0.2, -0.15) is 0 Å². The monoisotopic (exact) mass is 240 g/mol. The highest BCUT2D eigenvalue weighted by molar-refractivity contribution is 5.82. The van der Waals surface area contributed by atoms with Crippen LogP contribution < -0.4 is 10.6 Å². The highest BCUT2D eigenvalue weighted by Gasteiger charge is 2.26. The fourth-order valence-electron chi connectivity index (χ4n) is 2.00. The van der Waals surface area contributed by atoms with E-state index < -0.39 is 0 Å². The first kappa shape index (κ1) is 14.2. The van der Waals surface area contributed by atoms with Crippen LogP contribution >= 0.6 is 0 Å². The third-order valence-electron chi connectivity index (χ3n) is 2.95. The minimum absolute atomic E-state index is 0.0371. The van der Waals surface area contributed by atoms with Crippen molar-refractivity contribution in [1.29, 1.82) is 0 Å². The number of piperidine rings is 1. The van der Waals surface area contributed by atoms with Crippen LogP contribution in [0.3, 0.4) is 0 Å². The lowest BCUT2D eigenvalue weighted by atomic mass is 9.92. The molecule has 2 atom stereocenters. The molecule has 1 amide bonds. The van der Waals surface area contributed by atoms with Gasteiger partial charge in [-0.25, -0.2) is 0 Å². The van der Waals surface area contributed by atoms with Gasteiger partial charge in [0.25, 0.3) is 0 Å². The second kappa shape index (κ2) is 7.45. The van der Waals surface area contributed by atoms with Crippen molar-refractivity contribution in [2.45, 2.75) is 32.7 Å². The Labute approximate surface area is 104 Å². The van der Waals surface area contributed by atoms with Gasteiger partial charge in [-0.05, 0) is 32.2 Å². The van der Waals surface area contributed by atoms with Crippen LogP contribution in [-0.4, -0.2) is 38.3 Å². The van der Waals surface area contributed by atoms with Gasteiger partial charge in [0.15, 0.2) is 0 Å². The predicted molar refractivity (Wildman–Crippen MR) is 68.8 cm³/mol. The van der Waals surface area contributed by atoms with Crippen LogP contribution in [0, 0.1) is 5.92 Å². The van der Waals surface area contributed by atoms with Gasteiger partial charge in [0, 0.05) is 6.54 Å². The quantitative estimate of drug-likeness (QED) is 0.539. The summed E-state index contributed by atoms with van der Waals surface area (Å²) in [5.74, 6) is 0.510. The molecule has 1 aliphatic heterocycles. The summed E-state index contributed by atoms with van der Waals surface area (Å²) in [7, 11) is 0. The van der Waals surface area contributed by atoms with E-state index in [-0.39, 0.29) is 11.9 Å². The van der Waals surface area contributed by atoms with E-state index in [4.69, 9.17) is 4.74 Å². The molecule has 0 aromatic rings. The predicted octanol–water partition coefficient (Wildman–Crippen LogP) is 1.08. The summed E-state index contributed by atoms with van der Waals surface area (Å²) in [6, 6.07) is -0.0371. The maximum Gasteiger partial charge on any atom is 0.237 e. The Morgan fingerprint density at radius 1 is 1.59 bits per heavy atom. The largest absolute Gasteiger partial charge is 0.375 e. The van der Waals surface area contributed by atoms with Crippen LogP contribution in [-0.2, 0) is 9.53 Å². The molecule has 0 aromatic carbocycles. The van der Waals surface area contributed by atoms with Crippen molar-refractivity contribution in [3.8, 4) is 0 Å². The van der Waals surface area contributed by atoms with E-state index in [0.29, 0.717) is 25.7 Å². The van der Waals surface area contributed by atoms with Crippen LogP contribution in [0.5, 0.6) is 0 Å². The molecule has 1 saturated heterocycles. The molecule has 0 radical (unpaired) electrons. The fraction of sp³-hybridized carbons (Fsp3) is 0.769. The Bertz CT molecular complexity index is 266. The Hall–Kier alpha value is -0.870. The summed E-state index contributed by atoms with van der Waals surface area (Å²) in [4.78, 5) is 11.9. The lowest BCUT2D eigenvalue weighted by molar-refractivity contribution is -0.125. The van der Waals surface area contributed by atoms with Gasteiger partial charge in [0.2, 0.25) is 5.91 Å². The van der Waals surface area contributed by atoms with Crippen molar-refractivity contribution in [3.63, 3.8) is 0 Å². The molecule has 0 aliphatic carbocycles. The summed E-state index contributed by atoms with van der Waals surface area (Å²) in [6.45, 7) is 10.4. The number of amides is 1. The van der Waals surface area contributed by atoms with Crippen LogP contribution in [0.25, 0.3) is 0 Å². The molecule has 1 aliphatic rings. The molecule has 1 rings (SSSR count). The van der Waals surface area contributed by atoms with E-state index in [0.717, 1.165) is 25.0 Å². The minimum atomic E-state index is -0.0371. The third-order valence-corrected chi connectivity index (χ3v) is 2.95. The van der Waals surface area contributed by atoms with E-state index in [1.165, 1.54) is 0 Å². The number of carbonyl (C=O) groups excluding carboxylic acids is 1. The van der Waals surface area contributed by atoms with Crippen LogP contribution in [0.1, 0.15) is 26.7 Å². The molecule has 0 aromatic heterocycles. The molecule has 0 spiro atoms. The summed E-state index contributed by atoms with van der Waals surface area (Å²) < 4.78 is 5.32. The summed E-state index contributed by atoms with van der Waals surface area (Å²) in [6.07, 6.45) is 2.28. The van der Waals surface area contributed by atoms with Crippen molar-refractivity contribution in [3.05, 3.63) is 12.2 Å². The first-order valence-electron chi connectivity index (χ1n) is 6.34. The van der Waals surface area contributed by atoms with Gasteiger partial charge >= 0.3 is 0 Å². The second-order valence-corrected chi connectivity index (χ2v) is 4.85. The van der Waals surface area contributed by atoms with Crippen LogP contribution in [0.2, 0.25) is 0 Å². The van der Waals surface area contributed by atoms with Crippen molar-refractivity contribution in [2.75, 3.05) is 26.3 Å². The third kappa shape index (κ3) is 5.33. The van der Waals surface area contributed by atoms with Crippen LogP contribution in [0.15, 0.2) is 12.2 Å². The number of nitrogens with one attached hydrogen (secondary N) is 2. The molecule has 1 fully saturated rings. The van der Waals surface area contributed by atoms with Gasteiger partial charge in [-0.3, -0.25) is 4.79 Å². The Morgan fingerprint density at radius 2 is 2.35 bits per heavy atom. The van der Waals surface area contributed by atoms with Gasteiger partial charge < -0.3 is 15.4 Å². The SMILES string of the molecule is C=C(C)COCCNC(=O)C1NCCCC1C. The highest BCUT2D eigenvalue weighted by Crippen LogP contribution is 2.15. The zero-order chi connectivity index (χ0) is 12.7. The molecule has 17 heavy (non-hydrogen) atoms. The molecule has 4 heteroatoms. The Balaban J connectivity index is 2.13. The molecular formula is C13H24N2O2. The average molecular weight is 240 g/mol. The standard InChI is InChI=1S/C13H24N2O2/c1-10(2)9-17-8-7-15-13(16)12-11(3)5-4-6-14-12/h11-12,14H,1,4-9H2,2-3H3,(H,15,16). The molecule has 98 valence electrons. The molecule has 1 heterocycles. The first-order valence-corrected chi connectivity index (χ1v) is 6.34.